The van der Waals surface area contributed by atoms with Gasteiger partial charge in [-0.2, -0.15) is 0 Å². The second-order valence-electron chi connectivity index (χ2n) is 5.58. The Labute approximate surface area is 140 Å². The molecular formula is C19H18N2OS. The van der Waals surface area contributed by atoms with Gasteiger partial charge in [0.15, 0.2) is 5.78 Å². The van der Waals surface area contributed by atoms with E-state index in [2.05, 4.69) is 9.97 Å². The highest BCUT2D eigenvalue weighted by Crippen LogP contribution is 2.30. The molecule has 0 spiro atoms. The highest BCUT2D eigenvalue weighted by molar-refractivity contribution is 8.00. The number of para-hydroxylation sites is 1. The minimum Gasteiger partial charge on any atom is -0.293 e. The minimum absolute atomic E-state index is 0.121. The summed E-state index contributed by atoms with van der Waals surface area (Å²) in [7, 11) is 0. The van der Waals surface area contributed by atoms with E-state index in [-0.39, 0.29) is 11.0 Å². The van der Waals surface area contributed by atoms with Gasteiger partial charge in [0.05, 0.1) is 10.8 Å². The molecule has 1 atom stereocenters. The average Bonchev–Trinajstić information content (AvgIpc) is 2.54. The van der Waals surface area contributed by atoms with Gasteiger partial charge in [0, 0.05) is 10.9 Å². The van der Waals surface area contributed by atoms with Crippen LogP contribution in [0.1, 0.15) is 28.7 Å². The van der Waals surface area contributed by atoms with Crippen LogP contribution in [-0.2, 0) is 0 Å². The number of aryl methyl sites for hydroxylation is 2. The highest BCUT2D eigenvalue weighted by atomic mass is 32.2. The fraction of sp³-hybridized carbons (Fsp3) is 0.211. The maximum atomic E-state index is 12.6. The van der Waals surface area contributed by atoms with Crippen molar-refractivity contribution in [3.05, 3.63) is 65.5 Å². The number of ketones is 1. The largest absolute Gasteiger partial charge is 0.293 e. The lowest BCUT2D eigenvalue weighted by Gasteiger charge is -2.12. The van der Waals surface area contributed by atoms with Gasteiger partial charge in [-0.25, -0.2) is 9.97 Å². The summed E-state index contributed by atoms with van der Waals surface area (Å²) in [5, 5.41) is 1.66. The lowest BCUT2D eigenvalue weighted by atomic mass is 10.1. The first-order valence-corrected chi connectivity index (χ1v) is 8.43. The molecule has 3 nitrogen and oxygen atoms in total. The third-order valence-corrected chi connectivity index (χ3v) is 4.78. The molecule has 0 aliphatic heterocycles. The van der Waals surface area contributed by atoms with Crippen molar-refractivity contribution in [2.45, 2.75) is 31.0 Å². The zero-order valence-electron chi connectivity index (χ0n) is 13.4. The van der Waals surface area contributed by atoms with Crippen molar-refractivity contribution in [2.24, 2.45) is 0 Å². The van der Waals surface area contributed by atoms with E-state index in [0.717, 1.165) is 32.9 Å². The molecule has 1 aromatic heterocycles. The predicted molar refractivity (Wildman–Crippen MR) is 95.1 cm³/mol. The lowest BCUT2D eigenvalue weighted by molar-refractivity contribution is 0.0994. The normalized spacial score (nSPS) is 12.3. The van der Waals surface area contributed by atoms with Crippen molar-refractivity contribution in [1.82, 2.24) is 9.97 Å². The van der Waals surface area contributed by atoms with Crippen LogP contribution in [0.2, 0.25) is 0 Å². The molecular weight excluding hydrogens is 304 g/mol. The van der Waals surface area contributed by atoms with Gasteiger partial charge in [-0.05, 0) is 26.8 Å². The third-order valence-electron chi connectivity index (χ3n) is 3.67. The van der Waals surface area contributed by atoms with E-state index in [9.17, 15) is 4.79 Å². The van der Waals surface area contributed by atoms with Gasteiger partial charge in [-0.3, -0.25) is 4.79 Å². The summed E-state index contributed by atoms with van der Waals surface area (Å²) in [6.45, 7) is 5.82. The third kappa shape index (κ3) is 3.42. The molecule has 0 unspecified atom stereocenters. The molecule has 3 aromatic rings. The zero-order valence-corrected chi connectivity index (χ0v) is 14.2. The smallest absolute Gasteiger partial charge is 0.175 e. The van der Waals surface area contributed by atoms with Crippen molar-refractivity contribution in [3.63, 3.8) is 0 Å². The maximum absolute atomic E-state index is 12.6. The number of fused-ring (bicyclic) bond motifs is 1. The van der Waals surface area contributed by atoms with Gasteiger partial charge >= 0.3 is 0 Å². The van der Waals surface area contributed by atoms with Crippen LogP contribution in [0, 0.1) is 13.8 Å². The van der Waals surface area contributed by atoms with Crippen LogP contribution in [-0.4, -0.2) is 21.0 Å². The van der Waals surface area contributed by atoms with Gasteiger partial charge in [-0.15, -0.1) is 0 Å². The molecule has 1 heterocycles. The Balaban J connectivity index is 1.89. The van der Waals surface area contributed by atoms with Crippen molar-refractivity contribution in [3.8, 4) is 0 Å². The molecule has 3 rings (SSSR count). The maximum Gasteiger partial charge on any atom is 0.175 e. The number of Topliss-reactive ketones (excluding diaryl/α,β-unsaturated/α-hetero) is 1. The summed E-state index contributed by atoms with van der Waals surface area (Å²) in [5.74, 6) is 0.844. The number of nitrogens with zero attached hydrogens (tertiary/aromatic N) is 2. The summed E-state index contributed by atoms with van der Waals surface area (Å²) >= 11 is 1.49. The molecule has 4 heteroatoms. The van der Waals surface area contributed by atoms with Crippen molar-refractivity contribution in [2.75, 3.05) is 0 Å². The monoisotopic (exact) mass is 322 g/mol. The number of benzene rings is 2. The molecule has 0 amide bonds. The summed E-state index contributed by atoms with van der Waals surface area (Å²) in [6.07, 6.45) is 0. The van der Waals surface area contributed by atoms with Crippen LogP contribution >= 0.6 is 11.8 Å². The number of hydrogen-bond donors (Lipinski definition) is 0. The Kier molecular flexibility index (Phi) is 4.44. The molecule has 0 aliphatic rings. The Morgan fingerprint density at radius 2 is 1.70 bits per heavy atom. The first kappa shape index (κ1) is 15.7. The summed E-state index contributed by atoms with van der Waals surface area (Å²) in [5.41, 5.74) is 2.81. The zero-order chi connectivity index (χ0) is 16.4. The number of thioether (sulfide) groups is 1. The quantitative estimate of drug-likeness (QED) is 0.400. The van der Waals surface area contributed by atoms with Crippen molar-refractivity contribution in [1.29, 1.82) is 0 Å². The summed E-state index contributed by atoms with van der Waals surface area (Å²) in [4.78, 5) is 21.6. The predicted octanol–water partition coefficient (Wildman–Crippen LogP) is 4.61. The SMILES string of the molecule is Cc1ccc(C(=O)[C@H](C)Sc2nc(C)nc3ccccc23)cc1. The molecule has 0 aliphatic carbocycles. The van der Waals surface area contributed by atoms with Crippen LogP contribution in [0.3, 0.4) is 0 Å². The Morgan fingerprint density at radius 1 is 1.00 bits per heavy atom. The molecule has 116 valence electrons. The Hall–Kier alpha value is -2.20. The van der Waals surface area contributed by atoms with Crippen LogP contribution in [0.5, 0.6) is 0 Å². The van der Waals surface area contributed by atoms with E-state index < -0.39 is 0 Å². The first-order chi connectivity index (χ1) is 11.0. The van der Waals surface area contributed by atoms with Gasteiger partial charge in [-0.1, -0.05) is 59.8 Å². The summed E-state index contributed by atoms with van der Waals surface area (Å²) in [6, 6.07) is 15.6. The van der Waals surface area contributed by atoms with Gasteiger partial charge in [0.25, 0.3) is 0 Å². The van der Waals surface area contributed by atoms with E-state index in [4.69, 9.17) is 0 Å². The average molecular weight is 322 g/mol. The number of aromatic nitrogens is 2. The summed E-state index contributed by atoms with van der Waals surface area (Å²) < 4.78 is 0. The van der Waals surface area contributed by atoms with Gasteiger partial charge in [0.1, 0.15) is 10.9 Å². The fourth-order valence-corrected chi connectivity index (χ4v) is 3.48. The minimum atomic E-state index is -0.199. The topological polar surface area (TPSA) is 42.9 Å². The molecule has 0 radical (unpaired) electrons. The number of hydrogen-bond acceptors (Lipinski definition) is 4. The van der Waals surface area contributed by atoms with Crippen LogP contribution in [0.15, 0.2) is 53.6 Å². The number of rotatable bonds is 4. The lowest BCUT2D eigenvalue weighted by Crippen LogP contribution is -2.14. The number of carbonyl (C=O) groups is 1. The van der Waals surface area contributed by atoms with E-state index in [1.54, 1.807) is 0 Å². The van der Waals surface area contributed by atoms with E-state index in [1.165, 1.54) is 11.8 Å². The van der Waals surface area contributed by atoms with Crippen LogP contribution < -0.4 is 0 Å². The standard InChI is InChI=1S/C19H18N2OS/c1-12-8-10-15(11-9-12)18(22)13(2)23-19-16-6-4-5-7-17(16)20-14(3)21-19/h4-11,13H,1-3H3/t13-/m0/s1. The molecule has 0 bridgehead atoms. The van der Waals surface area contributed by atoms with Gasteiger partial charge < -0.3 is 0 Å². The second-order valence-corrected chi connectivity index (χ2v) is 6.91. The second kappa shape index (κ2) is 6.50. The van der Waals surface area contributed by atoms with Crippen molar-refractivity contribution >= 4 is 28.4 Å². The molecule has 0 saturated carbocycles. The van der Waals surface area contributed by atoms with Crippen LogP contribution in [0.25, 0.3) is 10.9 Å². The Morgan fingerprint density at radius 3 is 2.43 bits per heavy atom. The van der Waals surface area contributed by atoms with Crippen LogP contribution in [0.4, 0.5) is 0 Å². The molecule has 23 heavy (non-hydrogen) atoms. The molecule has 2 aromatic carbocycles. The molecule has 0 N–H and O–H groups in total. The molecule has 0 saturated heterocycles. The van der Waals surface area contributed by atoms with E-state index >= 15 is 0 Å². The van der Waals surface area contributed by atoms with E-state index in [1.807, 2.05) is 69.3 Å². The first-order valence-electron chi connectivity index (χ1n) is 7.55. The van der Waals surface area contributed by atoms with E-state index in [0.29, 0.717) is 0 Å². The fourth-order valence-electron chi connectivity index (χ4n) is 2.42. The number of carbonyl (C=O) groups excluding carboxylic acids is 1. The van der Waals surface area contributed by atoms with Crippen molar-refractivity contribution < 1.29 is 4.79 Å². The highest BCUT2D eigenvalue weighted by Gasteiger charge is 2.18. The Bertz CT molecular complexity index is 859. The molecule has 0 fully saturated rings. The van der Waals surface area contributed by atoms with Gasteiger partial charge in [0.2, 0.25) is 0 Å².